The molecule has 0 aromatic heterocycles. The summed E-state index contributed by atoms with van der Waals surface area (Å²) in [4.78, 5) is -0.742. The van der Waals surface area contributed by atoms with Crippen LogP contribution in [0.5, 0.6) is 0 Å². The van der Waals surface area contributed by atoms with Gasteiger partial charge in [0.2, 0.25) is 10.0 Å². The summed E-state index contributed by atoms with van der Waals surface area (Å²) in [5.41, 5.74) is 4.97. The van der Waals surface area contributed by atoms with E-state index in [9.17, 15) is 21.2 Å². The van der Waals surface area contributed by atoms with E-state index in [-0.39, 0.29) is 9.50 Å². The third-order valence-corrected chi connectivity index (χ3v) is 6.43. The molecule has 0 aliphatic heterocycles. The second-order valence-electron chi connectivity index (χ2n) is 4.51. The molecule has 0 aliphatic carbocycles. The minimum atomic E-state index is -4.30. The van der Waals surface area contributed by atoms with E-state index in [0.717, 1.165) is 12.3 Å². The van der Waals surface area contributed by atoms with Crippen LogP contribution in [-0.2, 0) is 19.9 Å². The Morgan fingerprint density at radius 2 is 1.95 bits per heavy atom. The van der Waals surface area contributed by atoms with Gasteiger partial charge in [0.1, 0.15) is 14.7 Å². The maximum absolute atomic E-state index is 14.0. The Hall–Kier alpha value is -0.420. The molecule has 0 heterocycles. The molecule has 0 amide bonds. The van der Waals surface area contributed by atoms with Crippen LogP contribution < -0.4 is 10.5 Å². The van der Waals surface area contributed by atoms with Crippen LogP contribution in [0.15, 0.2) is 15.4 Å². The van der Waals surface area contributed by atoms with Crippen molar-refractivity contribution in [3.63, 3.8) is 0 Å². The molecule has 1 atom stereocenters. The molecule has 0 bridgehead atoms. The van der Waals surface area contributed by atoms with E-state index >= 15 is 0 Å². The molecule has 0 fully saturated rings. The summed E-state index contributed by atoms with van der Waals surface area (Å²) >= 11 is 8.69. The number of benzene rings is 1. The highest BCUT2D eigenvalue weighted by molar-refractivity contribution is 9.10. The van der Waals surface area contributed by atoms with Gasteiger partial charge >= 0.3 is 0 Å². The van der Waals surface area contributed by atoms with Gasteiger partial charge in [0.25, 0.3) is 0 Å². The molecule has 0 saturated heterocycles. The summed E-state index contributed by atoms with van der Waals surface area (Å²) in [7, 11) is -7.69. The maximum Gasteiger partial charge on any atom is 0.243 e. The molecule has 0 radical (unpaired) electrons. The fraction of sp³-hybridized carbons (Fsp3) is 0.400. The van der Waals surface area contributed by atoms with Crippen molar-refractivity contribution >= 4 is 53.1 Å². The minimum Gasteiger partial charge on any atom is -0.395 e. The van der Waals surface area contributed by atoms with E-state index in [4.69, 9.17) is 17.3 Å². The first-order valence-corrected chi connectivity index (χ1v) is 10.2. The molecule has 1 rings (SSSR count). The highest BCUT2D eigenvalue weighted by atomic mass is 79.9. The number of hydrogen-bond donors (Lipinski definition) is 2. The Labute approximate surface area is 136 Å². The van der Waals surface area contributed by atoms with Gasteiger partial charge in [-0.25, -0.2) is 25.9 Å². The monoisotopic (exact) mass is 422 g/mol. The average molecular weight is 424 g/mol. The van der Waals surface area contributed by atoms with Gasteiger partial charge in [-0.1, -0.05) is 11.6 Å². The van der Waals surface area contributed by atoms with E-state index in [0.29, 0.717) is 0 Å². The molecule has 1 unspecified atom stereocenters. The summed E-state index contributed by atoms with van der Waals surface area (Å²) in [5.74, 6) is -1.58. The van der Waals surface area contributed by atoms with E-state index in [1.54, 1.807) is 0 Å². The molecule has 1 aromatic carbocycles. The largest absolute Gasteiger partial charge is 0.395 e. The molecule has 1 aromatic rings. The summed E-state index contributed by atoms with van der Waals surface area (Å²) in [5, 5.41) is -0.0787. The van der Waals surface area contributed by atoms with Crippen LogP contribution in [0.4, 0.5) is 10.1 Å². The topological polar surface area (TPSA) is 106 Å². The quantitative estimate of drug-likeness (QED) is 0.552. The number of anilines is 1. The fourth-order valence-electron chi connectivity index (χ4n) is 1.61. The third-order valence-electron chi connectivity index (χ3n) is 2.36. The summed E-state index contributed by atoms with van der Waals surface area (Å²) < 4.78 is 62.5. The van der Waals surface area contributed by atoms with Crippen LogP contribution in [0.2, 0.25) is 5.02 Å². The number of nitrogens with one attached hydrogen (secondary N) is 1. The second-order valence-corrected chi connectivity index (χ2v) is 9.58. The van der Waals surface area contributed by atoms with Gasteiger partial charge in [-0.3, -0.25) is 0 Å². The van der Waals surface area contributed by atoms with E-state index in [1.807, 2.05) is 0 Å². The Morgan fingerprint density at radius 3 is 2.43 bits per heavy atom. The van der Waals surface area contributed by atoms with E-state index < -0.39 is 48.1 Å². The van der Waals surface area contributed by atoms with Crippen LogP contribution in [0.25, 0.3) is 0 Å². The standard InChI is InChI=1S/C10H13BrClFN2O4S2/c1-5(4-20(2,16)17)15-21(18,19)7-3-6(12)8(11)10(14)9(7)13/h3,5,15H,4,14H2,1-2H3. The molecule has 0 spiro atoms. The first-order valence-electron chi connectivity index (χ1n) is 5.48. The van der Waals surface area contributed by atoms with E-state index in [2.05, 4.69) is 20.7 Å². The number of halogens is 3. The number of sulfone groups is 1. The van der Waals surface area contributed by atoms with Crippen LogP contribution in [0.1, 0.15) is 6.92 Å². The highest BCUT2D eigenvalue weighted by Gasteiger charge is 2.26. The van der Waals surface area contributed by atoms with Crippen LogP contribution in [0.3, 0.4) is 0 Å². The maximum atomic E-state index is 14.0. The lowest BCUT2D eigenvalue weighted by molar-refractivity contribution is 0.548. The van der Waals surface area contributed by atoms with Gasteiger partial charge in [0, 0.05) is 12.3 Å². The van der Waals surface area contributed by atoms with Gasteiger partial charge < -0.3 is 5.73 Å². The first kappa shape index (κ1) is 18.6. The van der Waals surface area contributed by atoms with Crippen molar-refractivity contribution < 1.29 is 21.2 Å². The zero-order valence-corrected chi connectivity index (χ0v) is 15.0. The van der Waals surface area contributed by atoms with Crippen molar-refractivity contribution in [2.24, 2.45) is 0 Å². The molecular formula is C10H13BrClFN2O4S2. The predicted octanol–water partition coefficient (Wildman–Crippen LogP) is 1.54. The molecule has 0 aliphatic rings. The minimum absolute atomic E-state index is 0.0461. The number of sulfonamides is 1. The Balaban J connectivity index is 3.21. The van der Waals surface area contributed by atoms with Crippen LogP contribution in [0, 0.1) is 5.82 Å². The molecule has 3 N–H and O–H groups in total. The normalized spacial score (nSPS) is 14.1. The van der Waals surface area contributed by atoms with Crippen molar-refractivity contribution in [1.29, 1.82) is 0 Å². The number of rotatable bonds is 5. The van der Waals surface area contributed by atoms with E-state index in [1.165, 1.54) is 6.92 Å². The van der Waals surface area contributed by atoms with Gasteiger partial charge in [-0.2, -0.15) is 0 Å². The van der Waals surface area contributed by atoms with Gasteiger partial charge in [-0.05, 0) is 28.9 Å². The van der Waals surface area contributed by atoms with Crippen molar-refractivity contribution in [2.45, 2.75) is 17.9 Å². The SMILES string of the molecule is CC(CS(C)(=O)=O)NS(=O)(=O)c1cc(Cl)c(Br)c(N)c1F. The molecule has 6 nitrogen and oxygen atoms in total. The second kappa shape index (κ2) is 6.37. The van der Waals surface area contributed by atoms with Crippen molar-refractivity contribution in [2.75, 3.05) is 17.7 Å². The molecule has 11 heteroatoms. The first-order chi connectivity index (χ1) is 9.35. The summed E-state index contributed by atoms with van der Waals surface area (Å²) in [6, 6.07) is -0.0413. The predicted molar refractivity (Wildman–Crippen MR) is 83.0 cm³/mol. The molecule has 21 heavy (non-hydrogen) atoms. The zero-order valence-electron chi connectivity index (χ0n) is 11.0. The lowest BCUT2D eigenvalue weighted by Crippen LogP contribution is -2.37. The van der Waals surface area contributed by atoms with Gasteiger partial charge in [-0.15, -0.1) is 0 Å². The van der Waals surface area contributed by atoms with Crippen molar-refractivity contribution in [3.8, 4) is 0 Å². The Kier molecular flexibility index (Phi) is 5.65. The fourth-order valence-corrected chi connectivity index (χ4v) is 4.63. The van der Waals surface area contributed by atoms with Crippen molar-refractivity contribution in [1.82, 2.24) is 4.72 Å². The van der Waals surface area contributed by atoms with Gasteiger partial charge in [0.05, 0.1) is 20.9 Å². The zero-order chi connectivity index (χ0) is 16.6. The smallest absolute Gasteiger partial charge is 0.243 e. The molecular weight excluding hydrogens is 411 g/mol. The van der Waals surface area contributed by atoms with Crippen LogP contribution >= 0.6 is 27.5 Å². The summed E-state index contributed by atoms with van der Waals surface area (Å²) in [6.45, 7) is 1.35. The lowest BCUT2D eigenvalue weighted by Gasteiger charge is -2.15. The Bertz CT molecular complexity index is 768. The average Bonchev–Trinajstić information content (AvgIpc) is 2.27. The Morgan fingerprint density at radius 1 is 1.43 bits per heavy atom. The van der Waals surface area contributed by atoms with Crippen molar-refractivity contribution in [3.05, 3.63) is 21.4 Å². The number of hydrogen-bond acceptors (Lipinski definition) is 5. The molecule has 0 saturated carbocycles. The van der Waals surface area contributed by atoms with Gasteiger partial charge in [0.15, 0.2) is 5.82 Å². The van der Waals surface area contributed by atoms with Crippen LogP contribution in [-0.4, -0.2) is 34.9 Å². The third kappa shape index (κ3) is 4.78. The number of nitrogens with two attached hydrogens (primary N) is 1. The molecule has 120 valence electrons. The number of nitrogen functional groups attached to an aromatic ring is 1. The highest BCUT2D eigenvalue weighted by Crippen LogP contribution is 2.34. The summed E-state index contributed by atoms with van der Waals surface area (Å²) in [6.07, 6.45) is 0.965. The lowest BCUT2D eigenvalue weighted by atomic mass is 10.3.